The number of benzene rings is 1. The van der Waals surface area contributed by atoms with E-state index in [0.717, 1.165) is 18.6 Å². The van der Waals surface area contributed by atoms with Gasteiger partial charge >= 0.3 is 0 Å². The predicted molar refractivity (Wildman–Crippen MR) is 108 cm³/mol. The normalized spacial score (nSPS) is 16.3. The standard InChI is InChI=1S/C21H21N3O3S/c25-20-11-10-17(22-24(20)13-14-27-16-6-2-1-3-7-16)21(26)23-12-4-8-18(23)19-9-5-15-28-19/h1-3,5-7,9-11,15,18H,4,8,12-14H2/t18-/m1/s1. The monoisotopic (exact) mass is 395 g/mol. The largest absolute Gasteiger partial charge is 0.492 e. The van der Waals surface area contributed by atoms with E-state index in [0.29, 0.717) is 18.8 Å². The third-order valence-corrected chi connectivity index (χ3v) is 5.76. The van der Waals surface area contributed by atoms with E-state index in [4.69, 9.17) is 4.74 Å². The van der Waals surface area contributed by atoms with Crippen molar-refractivity contribution >= 4 is 17.2 Å². The van der Waals surface area contributed by atoms with Gasteiger partial charge < -0.3 is 9.64 Å². The second-order valence-electron chi connectivity index (χ2n) is 6.61. The number of hydrogen-bond acceptors (Lipinski definition) is 5. The molecule has 1 saturated heterocycles. The third-order valence-electron chi connectivity index (χ3n) is 4.79. The lowest BCUT2D eigenvalue weighted by Crippen LogP contribution is -2.34. The molecule has 0 spiro atoms. The van der Waals surface area contributed by atoms with Gasteiger partial charge in [0, 0.05) is 17.5 Å². The summed E-state index contributed by atoms with van der Waals surface area (Å²) in [5.74, 6) is 0.604. The molecule has 1 aliphatic rings. The van der Waals surface area contributed by atoms with Crippen LogP contribution in [0, 0.1) is 0 Å². The van der Waals surface area contributed by atoms with Crippen molar-refractivity contribution in [2.75, 3.05) is 13.2 Å². The molecule has 2 aromatic heterocycles. The molecule has 144 valence electrons. The number of nitrogens with zero attached hydrogens (tertiary/aromatic N) is 3. The van der Waals surface area contributed by atoms with Gasteiger partial charge in [-0.05, 0) is 42.5 Å². The van der Waals surface area contributed by atoms with Gasteiger partial charge in [0.15, 0.2) is 0 Å². The summed E-state index contributed by atoms with van der Waals surface area (Å²) in [4.78, 5) is 28.2. The highest BCUT2D eigenvalue weighted by Gasteiger charge is 2.32. The fourth-order valence-electron chi connectivity index (χ4n) is 3.42. The molecule has 0 N–H and O–H groups in total. The first-order valence-electron chi connectivity index (χ1n) is 9.33. The average Bonchev–Trinajstić information content (AvgIpc) is 3.41. The summed E-state index contributed by atoms with van der Waals surface area (Å²) >= 11 is 1.67. The molecule has 0 unspecified atom stereocenters. The van der Waals surface area contributed by atoms with Crippen LogP contribution in [0.15, 0.2) is 64.8 Å². The molecule has 0 bridgehead atoms. The van der Waals surface area contributed by atoms with Crippen molar-refractivity contribution in [3.63, 3.8) is 0 Å². The Morgan fingerprint density at radius 3 is 2.79 bits per heavy atom. The molecule has 3 aromatic rings. The molecule has 3 heterocycles. The number of amides is 1. The Morgan fingerprint density at radius 2 is 2.00 bits per heavy atom. The van der Waals surface area contributed by atoms with Crippen molar-refractivity contribution in [1.29, 1.82) is 0 Å². The molecule has 1 atom stereocenters. The van der Waals surface area contributed by atoms with E-state index in [1.165, 1.54) is 21.7 Å². The first-order valence-corrected chi connectivity index (χ1v) is 10.2. The van der Waals surface area contributed by atoms with E-state index in [-0.39, 0.29) is 24.1 Å². The van der Waals surface area contributed by atoms with Crippen LogP contribution >= 0.6 is 11.3 Å². The fraction of sp³-hybridized carbons (Fsp3) is 0.286. The van der Waals surface area contributed by atoms with Crippen LogP contribution in [-0.2, 0) is 6.54 Å². The molecule has 6 nitrogen and oxygen atoms in total. The first-order chi connectivity index (χ1) is 13.7. The molecule has 0 aliphatic carbocycles. The number of ether oxygens (including phenoxy) is 1. The van der Waals surface area contributed by atoms with Crippen LogP contribution in [0.4, 0.5) is 0 Å². The van der Waals surface area contributed by atoms with Gasteiger partial charge in [-0.15, -0.1) is 11.3 Å². The molecule has 28 heavy (non-hydrogen) atoms. The molecule has 1 amide bonds. The number of thiophene rings is 1. The molecule has 0 saturated carbocycles. The third kappa shape index (κ3) is 3.99. The van der Waals surface area contributed by atoms with E-state index in [1.54, 1.807) is 11.3 Å². The Kier molecular flexibility index (Phi) is 5.53. The highest BCUT2D eigenvalue weighted by Crippen LogP contribution is 2.35. The number of para-hydroxylation sites is 1. The van der Waals surface area contributed by atoms with Crippen LogP contribution in [-0.4, -0.2) is 33.7 Å². The zero-order valence-corrected chi connectivity index (χ0v) is 16.2. The predicted octanol–water partition coefficient (Wildman–Crippen LogP) is 3.36. The maximum absolute atomic E-state index is 13.0. The van der Waals surface area contributed by atoms with E-state index >= 15 is 0 Å². The Balaban J connectivity index is 1.47. The maximum Gasteiger partial charge on any atom is 0.274 e. The van der Waals surface area contributed by atoms with Gasteiger partial charge in [0.05, 0.1) is 12.6 Å². The lowest BCUT2D eigenvalue weighted by Gasteiger charge is -2.23. The fourth-order valence-corrected chi connectivity index (χ4v) is 4.30. The smallest absolute Gasteiger partial charge is 0.274 e. The van der Waals surface area contributed by atoms with E-state index in [2.05, 4.69) is 11.2 Å². The summed E-state index contributed by atoms with van der Waals surface area (Å²) in [7, 11) is 0. The van der Waals surface area contributed by atoms with Crippen LogP contribution in [0.1, 0.15) is 34.2 Å². The van der Waals surface area contributed by atoms with Crippen molar-refractivity contribution in [3.8, 4) is 5.75 Å². The molecule has 7 heteroatoms. The van der Waals surface area contributed by atoms with Gasteiger partial charge in [-0.2, -0.15) is 5.10 Å². The summed E-state index contributed by atoms with van der Waals surface area (Å²) in [6.07, 6.45) is 1.93. The molecular weight excluding hydrogens is 374 g/mol. The Labute approximate surface area is 167 Å². The molecule has 1 aromatic carbocycles. The van der Waals surface area contributed by atoms with E-state index in [9.17, 15) is 9.59 Å². The van der Waals surface area contributed by atoms with E-state index in [1.807, 2.05) is 46.7 Å². The van der Waals surface area contributed by atoms with Crippen molar-refractivity contribution in [2.24, 2.45) is 0 Å². The number of carbonyl (C=O) groups excluding carboxylic acids is 1. The second-order valence-corrected chi connectivity index (χ2v) is 7.59. The summed E-state index contributed by atoms with van der Waals surface area (Å²) in [6.45, 7) is 1.29. The van der Waals surface area contributed by atoms with Crippen molar-refractivity contribution in [2.45, 2.75) is 25.4 Å². The topological polar surface area (TPSA) is 64.4 Å². The van der Waals surface area contributed by atoms with Crippen LogP contribution < -0.4 is 10.3 Å². The zero-order valence-electron chi connectivity index (χ0n) is 15.4. The zero-order chi connectivity index (χ0) is 19.3. The van der Waals surface area contributed by atoms with Crippen LogP contribution in [0.25, 0.3) is 0 Å². The highest BCUT2D eigenvalue weighted by molar-refractivity contribution is 7.10. The summed E-state index contributed by atoms with van der Waals surface area (Å²) in [5, 5.41) is 6.33. The summed E-state index contributed by atoms with van der Waals surface area (Å²) in [5.41, 5.74) is 0.0483. The maximum atomic E-state index is 13.0. The Bertz CT molecular complexity index is 986. The number of hydrogen-bond donors (Lipinski definition) is 0. The SMILES string of the molecule is O=C(c1ccc(=O)n(CCOc2ccccc2)n1)N1CCC[C@@H]1c1cccs1. The first kappa shape index (κ1) is 18.4. The van der Waals surface area contributed by atoms with Crippen molar-refractivity contribution in [3.05, 3.63) is 80.9 Å². The molecular formula is C21H21N3O3S. The minimum atomic E-state index is -0.246. The number of aromatic nitrogens is 2. The molecule has 1 fully saturated rings. The van der Waals surface area contributed by atoms with Crippen LogP contribution in [0.5, 0.6) is 5.75 Å². The molecule has 4 rings (SSSR count). The van der Waals surface area contributed by atoms with Gasteiger partial charge in [0.2, 0.25) is 0 Å². The lowest BCUT2D eigenvalue weighted by atomic mass is 10.2. The van der Waals surface area contributed by atoms with Gasteiger partial charge in [0.1, 0.15) is 18.1 Å². The number of rotatable bonds is 6. The van der Waals surface area contributed by atoms with Gasteiger partial charge in [-0.3, -0.25) is 9.59 Å². The highest BCUT2D eigenvalue weighted by atomic mass is 32.1. The lowest BCUT2D eigenvalue weighted by molar-refractivity contribution is 0.0728. The Hall–Kier alpha value is -2.93. The van der Waals surface area contributed by atoms with Gasteiger partial charge in [-0.25, -0.2) is 4.68 Å². The number of likely N-dealkylation sites (tertiary alicyclic amines) is 1. The minimum absolute atomic E-state index is 0.0936. The van der Waals surface area contributed by atoms with Crippen LogP contribution in [0.3, 0.4) is 0 Å². The Morgan fingerprint density at radius 1 is 1.14 bits per heavy atom. The number of carbonyl (C=O) groups is 1. The quantitative estimate of drug-likeness (QED) is 0.642. The summed E-state index contributed by atoms with van der Waals surface area (Å²) < 4.78 is 6.94. The van der Waals surface area contributed by atoms with Crippen LogP contribution in [0.2, 0.25) is 0 Å². The van der Waals surface area contributed by atoms with Gasteiger partial charge in [-0.1, -0.05) is 24.3 Å². The summed E-state index contributed by atoms with van der Waals surface area (Å²) in [6, 6.07) is 16.5. The second kappa shape index (κ2) is 8.39. The molecule has 0 radical (unpaired) electrons. The van der Waals surface area contributed by atoms with Crippen molar-refractivity contribution < 1.29 is 9.53 Å². The van der Waals surface area contributed by atoms with Crippen molar-refractivity contribution in [1.82, 2.24) is 14.7 Å². The average molecular weight is 395 g/mol. The van der Waals surface area contributed by atoms with Gasteiger partial charge in [0.25, 0.3) is 11.5 Å². The van der Waals surface area contributed by atoms with E-state index < -0.39 is 0 Å². The minimum Gasteiger partial charge on any atom is -0.492 e. The molecule has 1 aliphatic heterocycles.